The van der Waals surface area contributed by atoms with Gasteiger partial charge in [0.25, 0.3) is 0 Å². The van der Waals surface area contributed by atoms with Crippen LogP contribution in [-0.2, 0) is 35.3 Å². The maximum absolute atomic E-state index is 12.6. The Morgan fingerprint density at radius 3 is 1.74 bits per heavy atom. The second-order valence-corrected chi connectivity index (χ2v) is 10.2. The largest absolute Gasteiger partial charge is 0.523 e. The molecule has 2 rings (SSSR count). The van der Waals surface area contributed by atoms with Gasteiger partial charge in [0.2, 0.25) is 10.0 Å². The molecule has 0 fully saturated rings. The molecule has 0 spiro atoms. The number of hydrogen-bond acceptors (Lipinski definition) is 7. The number of ether oxygens (including phenoxy) is 1. The molecule has 1 N–H and O–H groups in total. The monoisotopic (exact) mass is 551 g/mol. The second kappa shape index (κ2) is 9.90. The fourth-order valence-electron chi connectivity index (χ4n) is 2.47. The number of carboxylic acid groups (broad SMARTS) is 1. The highest BCUT2D eigenvalue weighted by molar-refractivity contribution is 7.92. The van der Waals surface area contributed by atoms with Gasteiger partial charge >= 0.3 is 27.8 Å². The molecule has 0 saturated heterocycles. The molecule has 9 nitrogen and oxygen atoms in total. The Morgan fingerprint density at radius 2 is 1.37 bits per heavy atom. The number of hydrogen-bond donors (Lipinski definition) is 1. The smallest absolute Gasteiger partial charge is 0.479 e. The lowest BCUT2D eigenvalue weighted by Gasteiger charge is -2.25. The van der Waals surface area contributed by atoms with Gasteiger partial charge in [0, 0.05) is 0 Å². The van der Waals surface area contributed by atoms with E-state index in [0.717, 1.165) is 48.5 Å². The summed E-state index contributed by atoms with van der Waals surface area (Å²) in [7, 11) is -10.7. The van der Waals surface area contributed by atoms with Crippen molar-refractivity contribution >= 4 is 31.8 Å². The summed E-state index contributed by atoms with van der Waals surface area (Å²) in [6.45, 7) is -1.34. The summed E-state index contributed by atoms with van der Waals surface area (Å²) in [6.07, 6.45) is -6.73. The first-order valence-electron chi connectivity index (χ1n) is 8.96. The van der Waals surface area contributed by atoms with Crippen LogP contribution >= 0.6 is 0 Å². The van der Waals surface area contributed by atoms with E-state index in [-0.39, 0.29) is 17.2 Å². The fraction of sp³-hybridized carbons (Fsp3) is 0.278. The van der Waals surface area contributed by atoms with Crippen LogP contribution in [0.3, 0.4) is 0 Å². The first-order valence-corrected chi connectivity index (χ1v) is 12.2. The van der Waals surface area contributed by atoms with Crippen LogP contribution in [0.2, 0.25) is 0 Å². The highest BCUT2D eigenvalue weighted by Crippen LogP contribution is 2.32. The number of anilines is 1. The summed E-state index contributed by atoms with van der Waals surface area (Å²) in [5, 5.41) is 9.07. The average Bonchev–Trinajstić information content (AvgIpc) is 2.69. The van der Waals surface area contributed by atoms with Crippen LogP contribution in [0.4, 0.5) is 32.0 Å². The maximum Gasteiger partial charge on any atom is 0.523 e. The molecule has 0 aliphatic heterocycles. The molecule has 17 heteroatoms. The van der Waals surface area contributed by atoms with Gasteiger partial charge in [-0.25, -0.2) is 17.4 Å². The van der Waals surface area contributed by atoms with Crippen LogP contribution in [0.25, 0.3) is 0 Å². The van der Waals surface area contributed by atoms with Gasteiger partial charge in [-0.05, 0) is 48.5 Å². The van der Waals surface area contributed by atoms with E-state index in [1.54, 1.807) is 0 Å². The molecule has 0 heterocycles. The Balaban J connectivity index is 2.27. The van der Waals surface area contributed by atoms with E-state index in [4.69, 9.17) is 9.84 Å². The third-order valence-electron chi connectivity index (χ3n) is 4.08. The standard InChI is InChI=1S/C18H15F6NO8S2/c1-34(28,29)25(10-15(16(26)27)33-35(30,31)18(22,23)24)12-4-8-14(9-5-12)32-13-6-2-11(3-7-13)17(19,20)21/h2-9,15H,10H2,1H3,(H,26,27)/t15-/m1/s1. The van der Waals surface area contributed by atoms with Crippen molar-refractivity contribution in [3.05, 3.63) is 54.1 Å². The van der Waals surface area contributed by atoms with E-state index in [0.29, 0.717) is 10.6 Å². The Bertz CT molecular complexity index is 1260. The topological polar surface area (TPSA) is 127 Å². The third-order valence-corrected chi connectivity index (χ3v) is 6.29. The summed E-state index contributed by atoms with van der Waals surface area (Å²) in [4.78, 5) is 11.3. The zero-order chi connectivity index (χ0) is 26.8. The normalized spacial score (nSPS) is 13.8. The van der Waals surface area contributed by atoms with Crippen LogP contribution in [0.15, 0.2) is 48.5 Å². The molecule has 0 bridgehead atoms. The summed E-state index contributed by atoms with van der Waals surface area (Å²) in [5.74, 6) is -2.19. The van der Waals surface area contributed by atoms with Gasteiger partial charge in [-0.2, -0.15) is 34.8 Å². The molecular weight excluding hydrogens is 536 g/mol. The van der Waals surface area contributed by atoms with E-state index in [2.05, 4.69) is 4.18 Å². The Kier molecular flexibility index (Phi) is 7.98. The third kappa shape index (κ3) is 7.46. The number of sulfonamides is 1. The summed E-state index contributed by atoms with van der Waals surface area (Å²) < 4.78 is 131. The quantitative estimate of drug-likeness (QED) is 0.285. The molecular formula is C18H15F6NO8S2. The molecule has 2 aromatic rings. The lowest BCUT2D eigenvalue weighted by Crippen LogP contribution is -2.44. The molecule has 0 amide bonds. The Hall–Kier alpha value is -3.05. The number of carbonyl (C=O) groups is 1. The number of carboxylic acids is 1. The Morgan fingerprint density at radius 1 is 0.914 bits per heavy atom. The second-order valence-electron chi connectivity index (χ2n) is 6.74. The summed E-state index contributed by atoms with van der Waals surface area (Å²) in [5.41, 5.74) is -7.17. The van der Waals surface area contributed by atoms with E-state index in [1.807, 2.05) is 0 Å². The fourth-order valence-corrected chi connectivity index (χ4v) is 3.94. The van der Waals surface area contributed by atoms with E-state index < -0.39 is 56.0 Å². The van der Waals surface area contributed by atoms with Gasteiger partial charge < -0.3 is 9.84 Å². The summed E-state index contributed by atoms with van der Waals surface area (Å²) >= 11 is 0. The molecule has 1 atom stereocenters. The van der Waals surface area contributed by atoms with Crippen molar-refractivity contribution in [1.82, 2.24) is 0 Å². The number of nitrogens with zero attached hydrogens (tertiary/aromatic N) is 1. The van der Waals surface area contributed by atoms with Gasteiger partial charge in [0.05, 0.1) is 24.1 Å². The van der Waals surface area contributed by atoms with Crippen LogP contribution < -0.4 is 9.04 Å². The molecule has 0 aliphatic carbocycles. The van der Waals surface area contributed by atoms with E-state index >= 15 is 0 Å². The number of halogens is 6. The average molecular weight is 551 g/mol. The van der Waals surface area contributed by atoms with Gasteiger partial charge in [-0.3, -0.25) is 4.31 Å². The van der Waals surface area contributed by atoms with Crippen LogP contribution in [0, 0.1) is 0 Å². The minimum atomic E-state index is -6.36. The number of benzene rings is 2. The Labute approximate surface area is 194 Å². The molecule has 194 valence electrons. The highest BCUT2D eigenvalue weighted by Gasteiger charge is 2.50. The zero-order valence-electron chi connectivity index (χ0n) is 17.2. The summed E-state index contributed by atoms with van der Waals surface area (Å²) in [6, 6.07) is 7.91. The van der Waals surface area contributed by atoms with Gasteiger partial charge in [-0.15, -0.1) is 0 Å². The van der Waals surface area contributed by atoms with Crippen LogP contribution in [-0.4, -0.2) is 52.3 Å². The first-order chi connectivity index (χ1) is 15.8. The number of rotatable bonds is 9. The van der Waals surface area contributed by atoms with Crippen molar-refractivity contribution < 1.29 is 62.0 Å². The minimum absolute atomic E-state index is 0.00708. The van der Waals surface area contributed by atoms with E-state index in [1.165, 1.54) is 0 Å². The van der Waals surface area contributed by atoms with Crippen LogP contribution in [0.5, 0.6) is 11.5 Å². The number of aliphatic carboxylic acids is 1. The molecule has 0 aliphatic rings. The molecule has 0 aromatic heterocycles. The first kappa shape index (κ1) is 28.2. The van der Waals surface area contributed by atoms with E-state index in [9.17, 15) is 48.0 Å². The number of alkyl halides is 6. The van der Waals surface area contributed by atoms with Crippen LogP contribution in [0.1, 0.15) is 5.56 Å². The lowest BCUT2D eigenvalue weighted by molar-refractivity contribution is -0.145. The molecule has 0 saturated carbocycles. The zero-order valence-corrected chi connectivity index (χ0v) is 18.9. The minimum Gasteiger partial charge on any atom is -0.479 e. The van der Waals surface area contributed by atoms with Crippen molar-refractivity contribution in [1.29, 1.82) is 0 Å². The van der Waals surface area contributed by atoms with Crippen molar-refractivity contribution in [3.63, 3.8) is 0 Å². The van der Waals surface area contributed by atoms with Crippen molar-refractivity contribution in [3.8, 4) is 11.5 Å². The molecule has 2 aromatic carbocycles. The van der Waals surface area contributed by atoms with Crippen molar-refractivity contribution in [2.45, 2.75) is 17.8 Å². The van der Waals surface area contributed by atoms with Gasteiger partial charge in [0.15, 0.2) is 6.10 Å². The molecule has 0 radical (unpaired) electrons. The molecule has 0 unspecified atom stereocenters. The van der Waals surface area contributed by atoms with Crippen molar-refractivity contribution in [2.24, 2.45) is 0 Å². The van der Waals surface area contributed by atoms with Crippen molar-refractivity contribution in [2.75, 3.05) is 17.1 Å². The van der Waals surface area contributed by atoms with Gasteiger partial charge in [0.1, 0.15) is 11.5 Å². The van der Waals surface area contributed by atoms with Gasteiger partial charge in [-0.1, -0.05) is 0 Å². The lowest BCUT2D eigenvalue weighted by atomic mass is 10.2. The predicted molar refractivity (Wildman–Crippen MR) is 108 cm³/mol. The maximum atomic E-state index is 12.6. The SMILES string of the molecule is CS(=O)(=O)N(C[C@@H](OS(=O)(=O)C(F)(F)F)C(=O)O)c1ccc(Oc2ccc(C(F)(F)F)cc2)cc1. The predicted octanol–water partition coefficient (Wildman–Crippen LogP) is 3.58. The highest BCUT2D eigenvalue weighted by atomic mass is 32.2. The molecule has 35 heavy (non-hydrogen) atoms.